The van der Waals surface area contributed by atoms with Gasteiger partial charge in [-0.15, -0.1) is 0 Å². The molecule has 0 bridgehead atoms. The van der Waals surface area contributed by atoms with Gasteiger partial charge in [-0.25, -0.2) is 0 Å². The molecule has 1 saturated heterocycles. The number of likely N-dealkylation sites (N-methyl/N-ethyl adjacent to an activating group) is 1. The van der Waals surface area contributed by atoms with Gasteiger partial charge < -0.3 is 19.4 Å². The van der Waals surface area contributed by atoms with Crippen molar-refractivity contribution in [2.75, 3.05) is 49.6 Å². The molecular formula is C22H26N4O2. The zero-order chi connectivity index (χ0) is 19.1. The number of carbonyl (C=O) groups is 1. The SMILES string of the molecule is CN1C(=O)CN2c3c(cccc31)[C@@H]1CN(CCCOc3ccncc3)CC[C@@H]12. The molecule has 0 saturated carbocycles. The second-order valence-corrected chi connectivity index (χ2v) is 7.94. The highest BCUT2D eigenvalue weighted by Crippen LogP contribution is 2.50. The number of nitrogens with zero attached hydrogens (tertiary/aromatic N) is 4. The van der Waals surface area contributed by atoms with Crippen LogP contribution in [0.15, 0.2) is 42.7 Å². The van der Waals surface area contributed by atoms with Gasteiger partial charge in [0.15, 0.2) is 0 Å². The molecule has 0 radical (unpaired) electrons. The highest BCUT2D eigenvalue weighted by atomic mass is 16.5. The number of fused-ring (bicyclic) bond motifs is 3. The summed E-state index contributed by atoms with van der Waals surface area (Å²) in [6, 6.07) is 10.7. The van der Waals surface area contributed by atoms with Gasteiger partial charge in [0.1, 0.15) is 5.75 Å². The van der Waals surface area contributed by atoms with E-state index in [1.54, 1.807) is 12.4 Å². The number of aromatic nitrogens is 1. The van der Waals surface area contributed by atoms with Crippen LogP contribution in [0.4, 0.5) is 11.4 Å². The molecule has 3 aliphatic heterocycles. The number of amides is 1. The standard InChI is InChI=1S/C22H26N4O2/c1-24-20-5-2-4-17-18-14-25(11-3-13-28-16-6-9-23-10-7-16)12-8-19(18)26(22(17)20)15-21(24)27/h2,4-7,9-10,18-19H,3,8,11-15H2,1H3/t18-,19-/m0/s1. The van der Waals surface area contributed by atoms with Gasteiger partial charge in [0.25, 0.3) is 0 Å². The minimum absolute atomic E-state index is 0.195. The van der Waals surface area contributed by atoms with Crippen LogP contribution in [0.1, 0.15) is 24.3 Å². The molecule has 0 N–H and O–H groups in total. The van der Waals surface area contributed by atoms with Crippen molar-refractivity contribution < 1.29 is 9.53 Å². The van der Waals surface area contributed by atoms with Crippen LogP contribution in [-0.4, -0.2) is 61.7 Å². The summed E-state index contributed by atoms with van der Waals surface area (Å²) in [6.45, 7) is 4.43. The van der Waals surface area contributed by atoms with Gasteiger partial charge >= 0.3 is 0 Å². The Morgan fingerprint density at radius 1 is 1.21 bits per heavy atom. The molecule has 6 nitrogen and oxygen atoms in total. The van der Waals surface area contributed by atoms with Crippen LogP contribution in [-0.2, 0) is 4.79 Å². The van der Waals surface area contributed by atoms with Crippen LogP contribution < -0.4 is 14.5 Å². The largest absolute Gasteiger partial charge is 0.493 e. The maximum atomic E-state index is 12.4. The van der Waals surface area contributed by atoms with Crippen molar-refractivity contribution in [3.63, 3.8) is 0 Å². The highest BCUT2D eigenvalue weighted by molar-refractivity contribution is 6.04. The summed E-state index contributed by atoms with van der Waals surface area (Å²) >= 11 is 0. The number of pyridine rings is 1. The Balaban J connectivity index is 1.24. The van der Waals surface area contributed by atoms with E-state index in [4.69, 9.17) is 4.74 Å². The van der Waals surface area contributed by atoms with Gasteiger partial charge in [-0.3, -0.25) is 9.78 Å². The average molecular weight is 378 g/mol. The molecule has 146 valence electrons. The van der Waals surface area contributed by atoms with E-state index < -0.39 is 0 Å². The highest BCUT2D eigenvalue weighted by Gasteiger charge is 2.46. The third-order valence-electron chi connectivity index (χ3n) is 6.37. The van der Waals surface area contributed by atoms with Gasteiger partial charge in [0.05, 0.1) is 24.5 Å². The predicted molar refractivity (Wildman–Crippen MR) is 109 cm³/mol. The first-order valence-electron chi connectivity index (χ1n) is 10.1. The second kappa shape index (κ2) is 7.09. The third kappa shape index (κ3) is 2.92. The molecule has 1 amide bonds. The van der Waals surface area contributed by atoms with Crippen molar-refractivity contribution in [2.45, 2.75) is 24.8 Å². The number of anilines is 2. The number of hydrogen-bond donors (Lipinski definition) is 0. The van der Waals surface area contributed by atoms with E-state index in [1.807, 2.05) is 24.1 Å². The van der Waals surface area contributed by atoms with E-state index in [-0.39, 0.29) is 5.91 Å². The molecule has 0 aliphatic carbocycles. The lowest BCUT2D eigenvalue weighted by atomic mass is 9.89. The molecule has 2 atom stereocenters. The number of rotatable bonds is 5. The summed E-state index contributed by atoms with van der Waals surface area (Å²) in [5, 5.41) is 0. The van der Waals surface area contributed by atoms with Crippen molar-refractivity contribution in [3.8, 4) is 5.75 Å². The van der Waals surface area contributed by atoms with Crippen molar-refractivity contribution in [2.24, 2.45) is 0 Å². The molecule has 4 heterocycles. The van der Waals surface area contributed by atoms with E-state index in [2.05, 4.69) is 33.0 Å². The lowest BCUT2D eigenvalue weighted by Crippen LogP contribution is -2.51. The molecule has 0 unspecified atom stereocenters. The molecule has 1 aromatic heterocycles. The summed E-state index contributed by atoms with van der Waals surface area (Å²) in [5.41, 5.74) is 3.78. The van der Waals surface area contributed by atoms with Gasteiger partial charge in [-0.1, -0.05) is 12.1 Å². The first-order valence-corrected chi connectivity index (χ1v) is 10.1. The van der Waals surface area contributed by atoms with E-state index in [0.29, 0.717) is 18.5 Å². The van der Waals surface area contributed by atoms with E-state index in [0.717, 1.165) is 50.5 Å². The lowest BCUT2D eigenvalue weighted by molar-refractivity contribution is -0.117. The molecule has 6 heteroatoms. The fourth-order valence-corrected chi connectivity index (χ4v) is 4.98. The van der Waals surface area contributed by atoms with Gasteiger partial charge in [0, 0.05) is 51.0 Å². The fraction of sp³-hybridized carbons (Fsp3) is 0.455. The zero-order valence-electron chi connectivity index (χ0n) is 16.3. The van der Waals surface area contributed by atoms with E-state index >= 15 is 0 Å². The smallest absolute Gasteiger partial charge is 0.246 e. The summed E-state index contributed by atoms with van der Waals surface area (Å²) in [7, 11) is 1.90. The Hall–Kier alpha value is -2.60. The summed E-state index contributed by atoms with van der Waals surface area (Å²) < 4.78 is 5.80. The van der Waals surface area contributed by atoms with Crippen molar-refractivity contribution in [3.05, 3.63) is 48.3 Å². The molecule has 0 spiro atoms. The number of likely N-dealkylation sites (tertiary alicyclic amines) is 1. The van der Waals surface area contributed by atoms with Gasteiger partial charge in [0.2, 0.25) is 5.91 Å². The van der Waals surface area contributed by atoms with Gasteiger partial charge in [-0.05, 0) is 36.6 Å². The van der Waals surface area contributed by atoms with Crippen molar-refractivity contribution >= 4 is 17.3 Å². The Labute approximate surface area is 165 Å². The topological polar surface area (TPSA) is 48.9 Å². The first kappa shape index (κ1) is 17.5. The zero-order valence-corrected chi connectivity index (χ0v) is 16.3. The summed E-state index contributed by atoms with van der Waals surface area (Å²) in [5.74, 6) is 1.57. The van der Waals surface area contributed by atoms with E-state index in [1.165, 1.54) is 11.3 Å². The van der Waals surface area contributed by atoms with Crippen LogP contribution in [0.3, 0.4) is 0 Å². The number of para-hydroxylation sites is 1. The predicted octanol–water partition coefficient (Wildman–Crippen LogP) is 2.51. The maximum absolute atomic E-state index is 12.4. The molecule has 1 fully saturated rings. The minimum atomic E-state index is 0.195. The van der Waals surface area contributed by atoms with Gasteiger partial charge in [-0.2, -0.15) is 0 Å². The van der Waals surface area contributed by atoms with Crippen molar-refractivity contribution in [1.29, 1.82) is 0 Å². The molecule has 5 rings (SSSR count). The van der Waals surface area contributed by atoms with Crippen molar-refractivity contribution in [1.82, 2.24) is 9.88 Å². The fourth-order valence-electron chi connectivity index (χ4n) is 4.98. The lowest BCUT2D eigenvalue weighted by Gasteiger charge is -2.40. The van der Waals surface area contributed by atoms with Crippen LogP contribution >= 0.6 is 0 Å². The number of benzene rings is 1. The summed E-state index contributed by atoms with van der Waals surface area (Å²) in [4.78, 5) is 23.2. The maximum Gasteiger partial charge on any atom is 0.246 e. The molecule has 2 aromatic rings. The molecular weight excluding hydrogens is 352 g/mol. The van der Waals surface area contributed by atoms with Crippen LogP contribution in [0.2, 0.25) is 0 Å². The van der Waals surface area contributed by atoms with Crippen LogP contribution in [0.25, 0.3) is 0 Å². The van der Waals surface area contributed by atoms with Crippen LogP contribution in [0, 0.1) is 0 Å². The first-order chi connectivity index (χ1) is 13.7. The normalized spacial score (nSPS) is 23.5. The summed E-state index contributed by atoms with van der Waals surface area (Å²) in [6.07, 6.45) is 5.64. The second-order valence-electron chi connectivity index (χ2n) is 7.94. The number of carbonyl (C=O) groups excluding carboxylic acids is 1. The Kier molecular flexibility index (Phi) is 4.43. The number of piperidine rings is 1. The van der Waals surface area contributed by atoms with E-state index in [9.17, 15) is 4.79 Å². The minimum Gasteiger partial charge on any atom is -0.493 e. The molecule has 28 heavy (non-hydrogen) atoms. The Morgan fingerprint density at radius 2 is 2.07 bits per heavy atom. The Morgan fingerprint density at radius 3 is 2.93 bits per heavy atom. The number of hydrogen-bond acceptors (Lipinski definition) is 5. The Bertz CT molecular complexity index is 872. The number of ether oxygens (including phenoxy) is 1. The molecule has 3 aliphatic rings. The molecule has 1 aromatic carbocycles. The quantitative estimate of drug-likeness (QED) is 0.749. The van der Waals surface area contributed by atoms with Crippen LogP contribution in [0.5, 0.6) is 5.75 Å². The average Bonchev–Trinajstić information content (AvgIpc) is 3.04. The monoisotopic (exact) mass is 378 g/mol. The third-order valence-corrected chi connectivity index (χ3v) is 6.37.